The van der Waals surface area contributed by atoms with Gasteiger partial charge in [0.25, 0.3) is 0 Å². The highest BCUT2D eigenvalue weighted by atomic mass is 32.1. The molecule has 0 aliphatic carbocycles. The van der Waals surface area contributed by atoms with Crippen molar-refractivity contribution in [3.8, 4) is 11.1 Å². The molecule has 0 bridgehead atoms. The van der Waals surface area contributed by atoms with Crippen molar-refractivity contribution in [2.75, 3.05) is 11.9 Å². The molecule has 1 N–H and O–H groups in total. The Morgan fingerprint density at radius 3 is 2.56 bits per heavy atom. The SMILES string of the molecule is Cc1nc(NCCc2csc(C)n2)c2c(-c3ccccc3)csc2n1. The van der Waals surface area contributed by atoms with Gasteiger partial charge in [0.05, 0.1) is 16.1 Å². The molecule has 126 valence electrons. The minimum atomic E-state index is 0.793. The highest BCUT2D eigenvalue weighted by Gasteiger charge is 2.14. The van der Waals surface area contributed by atoms with Gasteiger partial charge in [0.15, 0.2) is 0 Å². The fourth-order valence-electron chi connectivity index (χ4n) is 2.84. The number of thiophene rings is 1. The molecule has 4 nitrogen and oxygen atoms in total. The fraction of sp³-hybridized carbons (Fsp3) is 0.211. The fourth-order valence-corrected chi connectivity index (χ4v) is 4.48. The number of aromatic nitrogens is 3. The van der Waals surface area contributed by atoms with E-state index in [2.05, 4.69) is 55.3 Å². The molecule has 0 aliphatic rings. The van der Waals surface area contributed by atoms with Crippen molar-refractivity contribution in [3.05, 3.63) is 57.6 Å². The van der Waals surface area contributed by atoms with Crippen LogP contribution in [0.15, 0.2) is 41.1 Å². The highest BCUT2D eigenvalue weighted by molar-refractivity contribution is 7.17. The van der Waals surface area contributed by atoms with E-state index in [-0.39, 0.29) is 0 Å². The second-order valence-corrected chi connectivity index (χ2v) is 7.77. The average Bonchev–Trinajstić information content (AvgIpc) is 3.22. The van der Waals surface area contributed by atoms with E-state index in [0.717, 1.165) is 45.5 Å². The van der Waals surface area contributed by atoms with Gasteiger partial charge in [-0.3, -0.25) is 0 Å². The lowest BCUT2D eigenvalue weighted by atomic mass is 10.1. The third kappa shape index (κ3) is 3.41. The largest absolute Gasteiger partial charge is 0.369 e. The van der Waals surface area contributed by atoms with Gasteiger partial charge in [0.1, 0.15) is 16.5 Å². The van der Waals surface area contributed by atoms with Crippen LogP contribution in [-0.4, -0.2) is 21.5 Å². The molecule has 0 saturated heterocycles. The van der Waals surface area contributed by atoms with Gasteiger partial charge in [-0.2, -0.15) is 0 Å². The van der Waals surface area contributed by atoms with Crippen LogP contribution in [0.25, 0.3) is 21.3 Å². The molecule has 0 fully saturated rings. The molecule has 25 heavy (non-hydrogen) atoms. The number of rotatable bonds is 5. The lowest BCUT2D eigenvalue weighted by Gasteiger charge is -2.09. The smallest absolute Gasteiger partial charge is 0.139 e. The summed E-state index contributed by atoms with van der Waals surface area (Å²) < 4.78 is 0. The number of hydrogen-bond acceptors (Lipinski definition) is 6. The van der Waals surface area contributed by atoms with Crippen molar-refractivity contribution < 1.29 is 0 Å². The Balaban J connectivity index is 1.66. The van der Waals surface area contributed by atoms with Crippen molar-refractivity contribution in [3.63, 3.8) is 0 Å². The van der Waals surface area contributed by atoms with Crippen LogP contribution in [0.4, 0.5) is 5.82 Å². The number of nitrogens with one attached hydrogen (secondary N) is 1. The molecule has 0 amide bonds. The van der Waals surface area contributed by atoms with Gasteiger partial charge in [-0.15, -0.1) is 22.7 Å². The second kappa shape index (κ2) is 6.90. The number of anilines is 1. The molecule has 1 aromatic carbocycles. The molecule has 0 unspecified atom stereocenters. The third-order valence-electron chi connectivity index (χ3n) is 3.97. The summed E-state index contributed by atoms with van der Waals surface area (Å²) in [6, 6.07) is 10.4. The summed E-state index contributed by atoms with van der Waals surface area (Å²) in [5, 5.41) is 10.0. The van der Waals surface area contributed by atoms with Crippen LogP contribution < -0.4 is 5.32 Å². The maximum absolute atomic E-state index is 4.66. The van der Waals surface area contributed by atoms with Crippen LogP contribution in [0, 0.1) is 13.8 Å². The molecule has 4 aromatic rings. The monoisotopic (exact) mass is 366 g/mol. The lowest BCUT2D eigenvalue weighted by molar-refractivity contribution is 0.956. The Morgan fingerprint density at radius 2 is 1.80 bits per heavy atom. The van der Waals surface area contributed by atoms with Gasteiger partial charge in [-0.25, -0.2) is 15.0 Å². The first kappa shape index (κ1) is 16.2. The Labute approximate surface area is 154 Å². The number of nitrogens with zero attached hydrogens (tertiary/aromatic N) is 3. The molecule has 0 aliphatic heterocycles. The first-order valence-corrected chi connectivity index (χ1v) is 9.93. The zero-order valence-corrected chi connectivity index (χ0v) is 15.7. The van der Waals surface area contributed by atoms with Crippen molar-refractivity contribution in [1.29, 1.82) is 0 Å². The summed E-state index contributed by atoms with van der Waals surface area (Å²) in [4.78, 5) is 14.8. The van der Waals surface area contributed by atoms with Crippen molar-refractivity contribution in [2.24, 2.45) is 0 Å². The van der Waals surface area contributed by atoms with E-state index in [1.807, 2.05) is 19.9 Å². The quantitative estimate of drug-likeness (QED) is 0.535. The minimum Gasteiger partial charge on any atom is -0.369 e. The van der Waals surface area contributed by atoms with Gasteiger partial charge in [-0.05, 0) is 19.4 Å². The van der Waals surface area contributed by atoms with Gasteiger partial charge >= 0.3 is 0 Å². The lowest BCUT2D eigenvalue weighted by Crippen LogP contribution is -2.08. The van der Waals surface area contributed by atoms with E-state index in [1.54, 1.807) is 22.7 Å². The Bertz CT molecular complexity index is 1000. The zero-order chi connectivity index (χ0) is 17.2. The molecule has 0 atom stereocenters. The first-order valence-electron chi connectivity index (χ1n) is 8.17. The number of benzene rings is 1. The number of aryl methyl sites for hydroxylation is 2. The second-order valence-electron chi connectivity index (χ2n) is 5.85. The van der Waals surface area contributed by atoms with E-state index in [9.17, 15) is 0 Å². The van der Waals surface area contributed by atoms with E-state index in [1.165, 1.54) is 11.1 Å². The van der Waals surface area contributed by atoms with Gasteiger partial charge < -0.3 is 5.32 Å². The van der Waals surface area contributed by atoms with Crippen LogP contribution in [0.1, 0.15) is 16.5 Å². The number of thiazole rings is 1. The van der Waals surface area contributed by atoms with E-state index in [4.69, 9.17) is 0 Å². The van der Waals surface area contributed by atoms with Crippen LogP contribution in [0.3, 0.4) is 0 Å². The van der Waals surface area contributed by atoms with E-state index < -0.39 is 0 Å². The zero-order valence-electron chi connectivity index (χ0n) is 14.1. The van der Waals surface area contributed by atoms with Crippen molar-refractivity contribution in [1.82, 2.24) is 15.0 Å². The van der Waals surface area contributed by atoms with E-state index >= 15 is 0 Å². The van der Waals surface area contributed by atoms with Crippen LogP contribution in [-0.2, 0) is 6.42 Å². The Kier molecular flexibility index (Phi) is 4.46. The summed E-state index contributed by atoms with van der Waals surface area (Å²) >= 11 is 3.36. The summed E-state index contributed by atoms with van der Waals surface area (Å²) in [5.41, 5.74) is 3.51. The summed E-state index contributed by atoms with van der Waals surface area (Å²) in [6.45, 7) is 4.78. The maximum atomic E-state index is 4.66. The molecule has 4 rings (SSSR count). The van der Waals surface area contributed by atoms with Crippen LogP contribution in [0.5, 0.6) is 0 Å². The highest BCUT2D eigenvalue weighted by Crippen LogP contribution is 2.36. The normalized spacial score (nSPS) is 11.1. The molecular formula is C19H18N4S2. The molecule has 0 radical (unpaired) electrons. The van der Waals surface area contributed by atoms with Gasteiger partial charge in [0.2, 0.25) is 0 Å². The maximum Gasteiger partial charge on any atom is 0.139 e. The van der Waals surface area contributed by atoms with Crippen molar-refractivity contribution in [2.45, 2.75) is 20.3 Å². The number of hydrogen-bond donors (Lipinski definition) is 1. The predicted octanol–water partition coefficient (Wildman–Crippen LogP) is 5.09. The van der Waals surface area contributed by atoms with Crippen LogP contribution in [0.2, 0.25) is 0 Å². The Morgan fingerprint density at radius 1 is 0.960 bits per heavy atom. The molecule has 6 heteroatoms. The molecule has 0 spiro atoms. The molecule has 3 heterocycles. The molecule has 0 saturated carbocycles. The van der Waals surface area contributed by atoms with Gasteiger partial charge in [-0.1, -0.05) is 30.3 Å². The number of fused-ring (bicyclic) bond motifs is 1. The van der Waals surface area contributed by atoms with Crippen LogP contribution >= 0.6 is 22.7 Å². The Hall–Kier alpha value is -2.31. The van der Waals surface area contributed by atoms with E-state index in [0.29, 0.717) is 0 Å². The average molecular weight is 367 g/mol. The van der Waals surface area contributed by atoms with Gasteiger partial charge in [0, 0.05) is 29.3 Å². The standard InChI is InChI=1S/C19H18N4S2/c1-12-21-18(20-9-8-15-10-24-13(2)23-15)17-16(11-25-19(17)22-12)14-6-4-3-5-7-14/h3-7,10-11H,8-9H2,1-2H3,(H,20,21,22). The summed E-state index contributed by atoms with van der Waals surface area (Å²) in [6.07, 6.45) is 0.889. The molecule has 3 aromatic heterocycles. The summed E-state index contributed by atoms with van der Waals surface area (Å²) in [7, 11) is 0. The first-order chi connectivity index (χ1) is 12.2. The minimum absolute atomic E-state index is 0.793. The third-order valence-corrected chi connectivity index (χ3v) is 5.66. The summed E-state index contributed by atoms with van der Waals surface area (Å²) in [5.74, 6) is 1.70. The van der Waals surface area contributed by atoms with Crippen molar-refractivity contribution >= 4 is 38.7 Å². The topological polar surface area (TPSA) is 50.7 Å². The molecular weight excluding hydrogens is 348 g/mol. The predicted molar refractivity (Wildman–Crippen MR) is 107 cm³/mol.